The standard InChI is InChI=1S/C16H13BrFNO2S/c17-10-15(18)14-11-19(16-9-5-4-8-13(14)16)22(20,21)12-6-2-1-3-7-12/h1-9,11,15H,10H2. The molecule has 3 nitrogen and oxygen atoms in total. The number of halogens is 2. The molecule has 3 rings (SSSR count). The van der Waals surface area contributed by atoms with Crippen molar-refractivity contribution in [2.45, 2.75) is 11.1 Å². The number of para-hydroxylation sites is 1. The molecule has 1 unspecified atom stereocenters. The van der Waals surface area contributed by atoms with Crippen molar-refractivity contribution < 1.29 is 12.8 Å². The largest absolute Gasteiger partial charge is 0.268 e. The van der Waals surface area contributed by atoms with Crippen LogP contribution in [0.15, 0.2) is 65.7 Å². The Kier molecular flexibility index (Phi) is 4.06. The molecule has 0 radical (unpaired) electrons. The Labute approximate surface area is 136 Å². The van der Waals surface area contributed by atoms with Crippen LogP contribution in [-0.2, 0) is 10.0 Å². The third-order valence-electron chi connectivity index (χ3n) is 3.48. The van der Waals surface area contributed by atoms with Gasteiger partial charge in [-0.2, -0.15) is 0 Å². The first-order valence-corrected chi connectivity index (χ1v) is 9.22. The van der Waals surface area contributed by atoms with Crippen LogP contribution in [0.3, 0.4) is 0 Å². The molecule has 0 aliphatic heterocycles. The summed E-state index contributed by atoms with van der Waals surface area (Å²) in [4.78, 5) is 0.177. The van der Waals surface area contributed by atoms with Gasteiger partial charge in [-0.15, -0.1) is 0 Å². The van der Waals surface area contributed by atoms with E-state index in [9.17, 15) is 12.8 Å². The number of hydrogen-bond donors (Lipinski definition) is 0. The Morgan fingerprint density at radius 2 is 1.68 bits per heavy atom. The highest BCUT2D eigenvalue weighted by Crippen LogP contribution is 2.32. The maximum Gasteiger partial charge on any atom is 0.268 e. The molecular formula is C16H13BrFNO2S. The monoisotopic (exact) mass is 381 g/mol. The van der Waals surface area contributed by atoms with Crippen LogP contribution in [0, 0.1) is 0 Å². The highest BCUT2D eigenvalue weighted by molar-refractivity contribution is 9.09. The Morgan fingerprint density at radius 3 is 2.36 bits per heavy atom. The van der Waals surface area contributed by atoms with Crippen LogP contribution in [0.2, 0.25) is 0 Å². The van der Waals surface area contributed by atoms with Crippen LogP contribution < -0.4 is 0 Å². The fourth-order valence-corrected chi connectivity index (χ4v) is 4.16. The topological polar surface area (TPSA) is 39.1 Å². The van der Waals surface area contributed by atoms with Crippen molar-refractivity contribution in [2.75, 3.05) is 5.33 Å². The van der Waals surface area contributed by atoms with E-state index >= 15 is 0 Å². The molecule has 0 saturated heterocycles. The van der Waals surface area contributed by atoms with Gasteiger partial charge < -0.3 is 0 Å². The van der Waals surface area contributed by atoms with Gasteiger partial charge in [-0.3, -0.25) is 0 Å². The fourth-order valence-electron chi connectivity index (χ4n) is 2.41. The summed E-state index contributed by atoms with van der Waals surface area (Å²) < 4.78 is 40.9. The molecule has 2 aromatic carbocycles. The lowest BCUT2D eigenvalue weighted by Gasteiger charge is -2.07. The fraction of sp³-hybridized carbons (Fsp3) is 0.125. The minimum atomic E-state index is -3.75. The number of fused-ring (bicyclic) bond motifs is 1. The second-order valence-electron chi connectivity index (χ2n) is 4.84. The lowest BCUT2D eigenvalue weighted by atomic mass is 10.1. The van der Waals surface area contributed by atoms with Crippen molar-refractivity contribution in [1.29, 1.82) is 0 Å². The van der Waals surface area contributed by atoms with Gasteiger partial charge in [0.2, 0.25) is 0 Å². The summed E-state index contributed by atoms with van der Waals surface area (Å²) in [5.41, 5.74) is 0.844. The maximum absolute atomic E-state index is 14.1. The lowest BCUT2D eigenvalue weighted by Crippen LogP contribution is -2.11. The molecule has 0 aliphatic carbocycles. The van der Waals surface area contributed by atoms with Crippen LogP contribution in [0.25, 0.3) is 10.9 Å². The number of nitrogens with zero attached hydrogens (tertiary/aromatic N) is 1. The second-order valence-corrected chi connectivity index (χ2v) is 7.30. The molecule has 114 valence electrons. The number of rotatable bonds is 4. The molecule has 0 spiro atoms. The third-order valence-corrected chi connectivity index (χ3v) is 5.74. The maximum atomic E-state index is 14.1. The molecule has 22 heavy (non-hydrogen) atoms. The quantitative estimate of drug-likeness (QED) is 0.632. The van der Waals surface area contributed by atoms with Crippen LogP contribution in [0.5, 0.6) is 0 Å². The average molecular weight is 382 g/mol. The van der Waals surface area contributed by atoms with Crippen LogP contribution in [0.1, 0.15) is 11.7 Å². The van der Waals surface area contributed by atoms with Crippen molar-refractivity contribution >= 4 is 36.9 Å². The van der Waals surface area contributed by atoms with Crippen molar-refractivity contribution in [3.63, 3.8) is 0 Å². The molecule has 0 aliphatic rings. The predicted octanol–water partition coefficient (Wildman–Crippen LogP) is 4.28. The minimum absolute atomic E-state index is 0.117. The summed E-state index contributed by atoms with van der Waals surface area (Å²) >= 11 is 3.11. The molecular weight excluding hydrogens is 369 g/mol. The summed E-state index contributed by atoms with van der Waals surface area (Å²) in [5, 5.41) is 0.723. The minimum Gasteiger partial charge on any atom is -0.241 e. The first-order valence-electron chi connectivity index (χ1n) is 6.66. The number of alkyl halides is 2. The van der Waals surface area contributed by atoms with E-state index in [4.69, 9.17) is 0 Å². The Balaban J connectivity index is 2.28. The third kappa shape index (κ3) is 2.46. The summed E-state index contributed by atoms with van der Waals surface area (Å²) in [5.74, 6) is 0. The van der Waals surface area contributed by atoms with Gasteiger partial charge in [0.15, 0.2) is 0 Å². The molecule has 1 heterocycles. The lowest BCUT2D eigenvalue weighted by molar-refractivity contribution is 0.385. The van der Waals surface area contributed by atoms with E-state index in [1.165, 1.54) is 18.3 Å². The van der Waals surface area contributed by atoms with Crippen molar-refractivity contribution in [3.8, 4) is 0 Å². The van der Waals surface area contributed by atoms with Gasteiger partial charge >= 0.3 is 0 Å². The highest BCUT2D eigenvalue weighted by Gasteiger charge is 2.23. The Bertz CT molecular complexity index is 906. The average Bonchev–Trinajstić information content (AvgIpc) is 2.95. The van der Waals surface area contributed by atoms with Gasteiger partial charge in [-0.1, -0.05) is 52.3 Å². The molecule has 1 aromatic heterocycles. The zero-order valence-electron chi connectivity index (χ0n) is 11.5. The van der Waals surface area contributed by atoms with Gasteiger partial charge in [0.25, 0.3) is 10.0 Å². The normalized spacial score (nSPS) is 13.4. The number of benzene rings is 2. The predicted molar refractivity (Wildman–Crippen MR) is 88.6 cm³/mol. The summed E-state index contributed by atoms with van der Waals surface area (Å²) in [6.45, 7) is 0. The van der Waals surface area contributed by atoms with Crippen LogP contribution in [-0.4, -0.2) is 17.7 Å². The molecule has 0 bridgehead atoms. The smallest absolute Gasteiger partial charge is 0.241 e. The van der Waals surface area contributed by atoms with Crippen LogP contribution in [0.4, 0.5) is 4.39 Å². The van der Waals surface area contributed by atoms with Crippen molar-refractivity contribution in [3.05, 3.63) is 66.4 Å². The summed E-state index contributed by atoms with van der Waals surface area (Å²) in [6.07, 6.45) is 0.107. The van der Waals surface area contributed by atoms with E-state index < -0.39 is 16.2 Å². The van der Waals surface area contributed by atoms with Crippen LogP contribution >= 0.6 is 15.9 Å². The van der Waals surface area contributed by atoms with Gasteiger partial charge in [0, 0.05) is 22.5 Å². The molecule has 3 aromatic rings. The number of aromatic nitrogens is 1. The summed E-state index contributed by atoms with van der Waals surface area (Å²) in [6, 6.07) is 15.1. The first-order chi connectivity index (χ1) is 10.6. The van der Waals surface area contributed by atoms with E-state index in [-0.39, 0.29) is 10.2 Å². The molecule has 0 fully saturated rings. The first kappa shape index (κ1) is 15.2. The zero-order valence-corrected chi connectivity index (χ0v) is 13.9. The molecule has 1 atom stereocenters. The van der Waals surface area contributed by atoms with E-state index in [1.54, 1.807) is 42.5 Å². The van der Waals surface area contributed by atoms with Gasteiger partial charge in [-0.05, 0) is 18.2 Å². The van der Waals surface area contributed by atoms with E-state index in [0.717, 1.165) is 3.97 Å². The SMILES string of the molecule is O=S(=O)(c1ccccc1)n1cc(C(F)CBr)c2ccccc21. The van der Waals surface area contributed by atoms with Gasteiger partial charge in [-0.25, -0.2) is 16.8 Å². The highest BCUT2D eigenvalue weighted by atomic mass is 79.9. The van der Waals surface area contributed by atoms with E-state index in [2.05, 4.69) is 15.9 Å². The zero-order chi connectivity index (χ0) is 15.7. The molecule has 0 saturated carbocycles. The van der Waals surface area contributed by atoms with Crippen molar-refractivity contribution in [2.24, 2.45) is 0 Å². The van der Waals surface area contributed by atoms with E-state index in [1.807, 2.05) is 0 Å². The number of hydrogen-bond acceptors (Lipinski definition) is 2. The summed E-state index contributed by atoms with van der Waals surface area (Å²) in [7, 11) is -3.75. The van der Waals surface area contributed by atoms with E-state index in [0.29, 0.717) is 16.5 Å². The Hall–Kier alpha value is -1.66. The molecule has 0 N–H and O–H groups in total. The van der Waals surface area contributed by atoms with Crippen molar-refractivity contribution in [1.82, 2.24) is 3.97 Å². The Morgan fingerprint density at radius 1 is 1.05 bits per heavy atom. The molecule has 0 amide bonds. The second kappa shape index (κ2) is 5.85. The van der Waals surface area contributed by atoms with Gasteiger partial charge in [0.1, 0.15) is 6.17 Å². The van der Waals surface area contributed by atoms with Gasteiger partial charge in [0.05, 0.1) is 10.4 Å². The molecule has 6 heteroatoms.